The Morgan fingerprint density at radius 1 is 1.20 bits per heavy atom. The van der Waals surface area contributed by atoms with Crippen molar-refractivity contribution in [2.24, 2.45) is 0 Å². The van der Waals surface area contributed by atoms with E-state index in [-0.39, 0.29) is 5.91 Å². The van der Waals surface area contributed by atoms with E-state index in [9.17, 15) is 4.79 Å². The van der Waals surface area contributed by atoms with Gasteiger partial charge in [0.25, 0.3) is 0 Å². The summed E-state index contributed by atoms with van der Waals surface area (Å²) in [6, 6.07) is 7.95. The summed E-state index contributed by atoms with van der Waals surface area (Å²) in [6.45, 7) is 5.32. The van der Waals surface area contributed by atoms with Gasteiger partial charge in [-0.25, -0.2) is 0 Å². The number of carbonyl (C=O) groups excluding carboxylic acids is 1. The standard InChI is InChI=1S/C19H27N3O3/c1-3-6-17-21-19(25-22-17)8-4-7-18(23)20-13-5-14-24-16-11-9-15(2)10-12-16/h9-12H,3-8,13-14H2,1-2H3,(H,20,23). The zero-order valence-corrected chi connectivity index (χ0v) is 15.1. The van der Waals surface area contributed by atoms with E-state index in [0.717, 1.165) is 30.8 Å². The summed E-state index contributed by atoms with van der Waals surface area (Å²) in [5.41, 5.74) is 1.21. The predicted molar refractivity (Wildman–Crippen MR) is 95.5 cm³/mol. The Hall–Kier alpha value is -2.37. The number of aryl methyl sites for hydroxylation is 3. The Bertz CT molecular complexity index is 638. The fraction of sp³-hybridized carbons (Fsp3) is 0.526. The first kappa shape index (κ1) is 19.0. The first-order valence-corrected chi connectivity index (χ1v) is 8.95. The SMILES string of the molecule is CCCc1noc(CCCC(=O)NCCCOc2ccc(C)cc2)n1. The van der Waals surface area contributed by atoms with Crippen LogP contribution in [0.2, 0.25) is 0 Å². The van der Waals surface area contributed by atoms with Crippen molar-refractivity contribution in [1.29, 1.82) is 0 Å². The molecule has 0 saturated heterocycles. The molecule has 0 saturated carbocycles. The molecule has 1 N–H and O–H groups in total. The Balaban J connectivity index is 1.51. The summed E-state index contributed by atoms with van der Waals surface area (Å²) in [5, 5.41) is 6.81. The first-order chi connectivity index (χ1) is 12.2. The van der Waals surface area contributed by atoms with Gasteiger partial charge < -0.3 is 14.6 Å². The number of benzene rings is 1. The highest BCUT2D eigenvalue weighted by Crippen LogP contribution is 2.11. The van der Waals surface area contributed by atoms with E-state index in [1.54, 1.807) is 0 Å². The van der Waals surface area contributed by atoms with Gasteiger partial charge in [0.2, 0.25) is 11.8 Å². The molecule has 1 aromatic heterocycles. The van der Waals surface area contributed by atoms with Crippen molar-refractivity contribution >= 4 is 5.91 Å². The van der Waals surface area contributed by atoms with E-state index >= 15 is 0 Å². The monoisotopic (exact) mass is 345 g/mol. The van der Waals surface area contributed by atoms with Crippen LogP contribution in [-0.4, -0.2) is 29.2 Å². The van der Waals surface area contributed by atoms with Crippen LogP contribution in [0, 0.1) is 6.92 Å². The quantitative estimate of drug-likeness (QED) is 0.633. The fourth-order valence-corrected chi connectivity index (χ4v) is 2.33. The van der Waals surface area contributed by atoms with Crippen molar-refractivity contribution in [2.75, 3.05) is 13.2 Å². The molecule has 0 aliphatic rings. The van der Waals surface area contributed by atoms with Gasteiger partial charge in [-0.1, -0.05) is 29.8 Å². The minimum Gasteiger partial charge on any atom is -0.494 e. The van der Waals surface area contributed by atoms with Gasteiger partial charge in [0.1, 0.15) is 5.75 Å². The molecule has 0 unspecified atom stereocenters. The molecular formula is C19H27N3O3. The van der Waals surface area contributed by atoms with Crippen LogP contribution < -0.4 is 10.1 Å². The molecule has 2 aromatic rings. The molecule has 0 fully saturated rings. The van der Waals surface area contributed by atoms with E-state index in [1.165, 1.54) is 5.56 Å². The molecular weight excluding hydrogens is 318 g/mol. The Morgan fingerprint density at radius 2 is 2.00 bits per heavy atom. The molecule has 0 aliphatic carbocycles. The van der Waals surface area contributed by atoms with Gasteiger partial charge in [-0.3, -0.25) is 4.79 Å². The van der Waals surface area contributed by atoms with Crippen molar-refractivity contribution < 1.29 is 14.1 Å². The molecule has 0 bridgehead atoms. The van der Waals surface area contributed by atoms with Gasteiger partial charge in [-0.15, -0.1) is 0 Å². The van der Waals surface area contributed by atoms with Crippen LogP contribution in [0.25, 0.3) is 0 Å². The van der Waals surface area contributed by atoms with Gasteiger partial charge in [-0.2, -0.15) is 4.98 Å². The normalized spacial score (nSPS) is 10.6. The average Bonchev–Trinajstić information content (AvgIpc) is 3.04. The van der Waals surface area contributed by atoms with Crippen LogP contribution in [-0.2, 0) is 17.6 Å². The highest BCUT2D eigenvalue weighted by molar-refractivity contribution is 5.75. The van der Waals surface area contributed by atoms with E-state index in [1.807, 2.05) is 31.2 Å². The number of nitrogens with one attached hydrogen (secondary N) is 1. The van der Waals surface area contributed by atoms with Crippen molar-refractivity contribution in [2.45, 2.75) is 52.4 Å². The molecule has 0 radical (unpaired) electrons. The van der Waals surface area contributed by atoms with E-state index < -0.39 is 0 Å². The maximum atomic E-state index is 11.8. The van der Waals surface area contributed by atoms with Gasteiger partial charge in [-0.05, 0) is 38.3 Å². The lowest BCUT2D eigenvalue weighted by Gasteiger charge is -2.07. The van der Waals surface area contributed by atoms with Crippen molar-refractivity contribution in [3.8, 4) is 5.75 Å². The predicted octanol–water partition coefficient (Wildman–Crippen LogP) is 3.24. The van der Waals surface area contributed by atoms with Crippen LogP contribution in [0.15, 0.2) is 28.8 Å². The van der Waals surface area contributed by atoms with Crippen LogP contribution in [0.1, 0.15) is 49.9 Å². The molecule has 1 amide bonds. The van der Waals surface area contributed by atoms with Crippen molar-refractivity contribution in [3.05, 3.63) is 41.5 Å². The summed E-state index contributed by atoms with van der Waals surface area (Å²) in [7, 11) is 0. The third-order valence-corrected chi connectivity index (χ3v) is 3.71. The molecule has 25 heavy (non-hydrogen) atoms. The minimum atomic E-state index is 0.0450. The van der Waals surface area contributed by atoms with Crippen LogP contribution in [0.5, 0.6) is 5.75 Å². The van der Waals surface area contributed by atoms with Crippen LogP contribution in [0.3, 0.4) is 0 Å². The Morgan fingerprint density at radius 3 is 2.76 bits per heavy atom. The maximum Gasteiger partial charge on any atom is 0.226 e. The summed E-state index contributed by atoms with van der Waals surface area (Å²) in [6.07, 6.45) is 4.41. The molecule has 0 aliphatic heterocycles. The molecule has 1 heterocycles. The lowest BCUT2D eigenvalue weighted by Crippen LogP contribution is -2.25. The number of hydrogen-bond acceptors (Lipinski definition) is 5. The van der Waals surface area contributed by atoms with Gasteiger partial charge in [0, 0.05) is 25.8 Å². The largest absolute Gasteiger partial charge is 0.494 e. The van der Waals surface area contributed by atoms with Gasteiger partial charge in [0.15, 0.2) is 5.82 Å². The van der Waals surface area contributed by atoms with E-state index in [0.29, 0.717) is 38.3 Å². The Labute approximate surface area is 149 Å². The average molecular weight is 345 g/mol. The fourth-order valence-electron chi connectivity index (χ4n) is 2.33. The lowest BCUT2D eigenvalue weighted by molar-refractivity contribution is -0.121. The van der Waals surface area contributed by atoms with Crippen LogP contribution in [0.4, 0.5) is 0 Å². The first-order valence-electron chi connectivity index (χ1n) is 8.95. The maximum absolute atomic E-state index is 11.8. The second-order valence-corrected chi connectivity index (χ2v) is 6.07. The lowest BCUT2D eigenvalue weighted by atomic mass is 10.2. The van der Waals surface area contributed by atoms with Crippen molar-refractivity contribution in [3.63, 3.8) is 0 Å². The summed E-state index contributed by atoms with van der Waals surface area (Å²) in [5.74, 6) is 2.26. The molecule has 0 atom stereocenters. The number of aromatic nitrogens is 2. The smallest absolute Gasteiger partial charge is 0.226 e. The Kier molecular flexibility index (Phi) is 7.95. The number of hydrogen-bond donors (Lipinski definition) is 1. The topological polar surface area (TPSA) is 77.2 Å². The van der Waals surface area contributed by atoms with Gasteiger partial charge >= 0.3 is 0 Å². The third-order valence-electron chi connectivity index (χ3n) is 3.71. The summed E-state index contributed by atoms with van der Waals surface area (Å²) >= 11 is 0. The number of nitrogens with zero attached hydrogens (tertiary/aromatic N) is 2. The highest BCUT2D eigenvalue weighted by atomic mass is 16.5. The van der Waals surface area contributed by atoms with Crippen molar-refractivity contribution in [1.82, 2.24) is 15.5 Å². The van der Waals surface area contributed by atoms with Gasteiger partial charge in [0.05, 0.1) is 6.61 Å². The molecule has 0 spiro atoms. The number of rotatable bonds is 11. The van der Waals surface area contributed by atoms with E-state index in [4.69, 9.17) is 9.26 Å². The third kappa shape index (κ3) is 7.37. The second-order valence-electron chi connectivity index (χ2n) is 6.07. The van der Waals surface area contributed by atoms with Crippen LogP contribution >= 0.6 is 0 Å². The number of carbonyl (C=O) groups is 1. The number of ether oxygens (including phenoxy) is 1. The highest BCUT2D eigenvalue weighted by Gasteiger charge is 2.07. The van der Waals surface area contributed by atoms with E-state index in [2.05, 4.69) is 22.4 Å². The number of amides is 1. The molecule has 6 nitrogen and oxygen atoms in total. The summed E-state index contributed by atoms with van der Waals surface area (Å²) in [4.78, 5) is 16.1. The molecule has 1 aromatic carbocycles. The molecule has 136 valence electrons. The second kappa shape index (κ2) is 10.5. The summed E-state index contributed by atoms with van der Waals surface area (Å²) < 4.78 is 10.8. The zero-order valence-electron chi connectivity index (χ0n) is 15.1. The molecule has 2 rings (SSSR count). The zero-order chi connectivity index (χ0) is 17.9. The minimum absolute atomic E-state index is 0.0450. The molecule has 6 heteroatoms.